The minimum absolute atomic E-state index is 0.311. The number of aliphatic hydroxyl groups excluding tert-OH is 1. The van der Waals surface area contributed by atoms with Gasteiger partial charge in [0.1, 0.15) is 18.1 Å². The summed E-state index contributed by atoms with van der Waals surface area (Å²) in [5.41, 5.74) is -0.311. The third-order valence-corrected chi connectivity index (χ3v) is 1.97. The number of alkyl halides is 3. The molecule has 1 N–H and O–H groups in total. The molecular formula is C10H10F4N2O2. The van der Waals surface area contributed by atoms with Crippen molar-refractivity contribution in [2.45, 2.75) is 6.18 Å². The second kappa shape index (κ2) is 5.76. The number of nitrogens with zero attached hydrogens (tertiary/aromatic N) is 2. The van der Waals surface area contributed by atoms with Gasteiger partial charge in [0, 0.05) is 6.54 Å². The van der Waals surface area contributed by atoms with Gasteiger partial charge in [-0.1, -0.05) is 0 Å². The standard InChI is InChI=1S/C10H10F4N2O2/c11-7-1-2-8(15-5-7)9(18)16(3-4-17)6-10(12,13)14/h1-2,5,17H,3-4,6H2. The maximum absolute atomic E-state index is 12.6. The summed E-state index contributed by atoms with van der Waals surface area (Å²) in [4.78, 5) is 15.5. The number of hydrogen-bond acceptors (Lipinski definition) is 3. The van der Waals surface area contributed by atoms with Crippen molar-refractivity contribution >= 4 is 5.91 Å². The molecule has 1 aromatic rings. The predicted octanol–water partition coefficient (Wildman–Crippen LogP) is 1.22. The molecule has 1 aromatic heterocycles. The molecule has 0 saturated carbocycles. The topological polar surface area (TPSA) is 53.4 Å². The second-order valence-corrected chi connectivity index (χ2v) is 3.43. The molecule has 1 amide bonds. The molecule has 0 radical (unpaired) electrons. The Bertz CT molecular complexity index is 405. The number of pyridine rings is 1. The number of rotatable bonds is 4. The van der Waals surface area contributed by atoms with Gasteiger partial charge in [-0.25, -0.2) is 9.37 Å². The normalized spacial score (nSPS) is 11.4. The van der Waals surface area contributed by atoms with Crippen molar-refractivity contribution in [3.8, 4) is 0 Å². The minimum Gasteiger partial charge on any atom is -0.395 e. The van der Waals surface area contributed by atoms with Crippen molar-refractivity contribution in [2.24, 2.45) is 0 Å². The van der Waals surface area contributed by atoms with Gasteiger partial charge >= 0.3 is 6.18 Å². The summed E-state index contributed by atoms with van der Waals surface area (Å²) in [7, 11) is 0. The molecule has 0 aliphatic carbocycles. The highest BCUT2D eigenvalue weighted by Gasteiger charge is 2.33. The number of aromatic nitrogens is 1. The molecule has 0 aliphatic heterocycles. The van der Waals surface area contributed by atoms with Crippen LogP contribution in [0.3, 0.4) is 0 Å². The van der Waals surface area contributed by atoms with Gasteiger partial charge in [-0.3, -0.25) is 4.79 Å². The number of halogens is 4. The summed E-state index contributed by atoms with van der Waals surface area (Å²) in [6, 6.07) is 1.91. The van der Waals surface area contributed by atoms with Crippen LogP contribution in [0.1, 0.15) is 10.5 Å². The molecule has 18 heavy (non-hydrogen) atoms. The molecular weight excluding hydrogens is 256 g/mol. The Morgan fingerprint density at radius 1 is 1.39 bits per heavy atom. The maximum Gasteiger partial charge on any atom is 0.406 e. The lowest BCUT2D eigenvalue weighted by Crippen LogP contribution is -2.41. The Morgan fingerprint density at radius 3 is 2.50 bits per heavy atom. The lowest BCUT2D eigenvalue weighted by molar-refractivity contribution is -0.141. The summed E-state index contributed by atoms with van der Waals surface area (Å²) < 4.78 is 49.2. The first-order valence-corrected chi connectivity index (χ1v) is 4.92. The number of carbonyl (C=O) groups is 1. The van der Waals surface area contributed by atoms with Crippen LogP contribution in [-0.4, -0.2) is 46.8 Å². The molecule has 0 saturated heterocycles. The molecule has 8 heteroatoms. The van der Waals surface area contributed by atoms with Crippen LogP contribution >= 0.6 is 0 Å². The first-order chi connectivity index (χ1) is 8.33. The van der Waals surface area contributed by atoms with Crippen molar-refractivity contribution in [2.75, 3.05) is 19.7 Å². The molecule has 0 atom stereocenters. The van der Waals surface area contributed by atoms with E-state index < -0.39 is 37.6 Å². The van der Waals surface area contributed by atoms with Gasteiger partial charge < -0.3 is 10.0 Å². The van der Waals surface area contributed by atoms with Crippen molar-refractivity contribution < 1.29 is 27.5 Å². The number of hydrogen-bond donors (Lipinski definition) is 1. The van der Waals surface area contributed by atoms with E-state index in [1.54, 1.807) is 0 Å². The maximum atomic E-state index is 12.6. The van der Waals surface area contributed by atoms with E-state index >= 15 is 0 Å². The van der Waals surface area contributed by atoms with Gasteiger partial charge in [-0.2, -0.15) is 13.2 Å². The second-order valence-electron chi connectivity index (χ2n) is 3.43. The third kappa shape index (κ3) is 4.28. The smallest absolute Gasteiger partial charge is 0.395 e. The first kappa shape index (κ1) is 14.4. The molecule has 100 valence electrons. The van der Waals surface area contributed by atoms with Crippen molar-refractivity contribution in [1.82, 2.24) is 9.88 Å². The Balaban J connectivity index is 2.85. The Labute approximate surface area is 99.9 Å². The van der Waals surface area contributed by atoms with Crippen LogP contribution < -0.4 is 0 Å². The average molecular weight is 266 g/mol. The fourth-order valence-electron chi connectivity index (χ4n) is 1.25. The van der Waals surface area contributed by atoms with E-state index in [0.717, 1.165) is 18.3 Å². The molecule has 0 unspecified atom stereocenters. The predicted molar refractivity (Wildman–Crippen MR) is 53.2 cm³/mol. The number of amides is 1. The van der Waals surface area contributed by atoms with Gasteiger partial charge in [0.2, 0.25) is 0 Å². The largest absolute Gasteiger partial charge is 0.406 e. The van der Waals surface area contributed by atoms with Gasteiger partial charge in [-0.05, 0) is 12.1 Å². The highest BCUT2D eigenvalue weighted by molar-refractivity contribution is 5.92. The summed E-state index contributed by atoms with van der Waals surface area (Å²) >= 11 is 0. The fraction of sp³-hybridized carbons (Fsp3) is 0.400. The van der Waals surface area contributed by atoms with E-state index in [9.17, 15) is 22.4 Å². The van der Waals surface area contributed by atoms with E-state index in [1.165, 1.54) is 0 Å². The van der Waals surface area contributed by atoms with Gasteiger partial charge in [0.25, 0.3) is 5.91 Å². The quantitative estimate of drug-likeness (QED) is 0.834. The Hall–Kier alpha value is -1.70. The lowest BCUT2D eigenvalue weighted by Gasteiger charge is -2.22. The molecule has 0 aliphatic rings. The lowest BCUT2D eigenvalue weighted by atomic mass is 10.3. The van der Waals surface area contributed by atoms with Gasteiger partial charge in [0.15, 0.2) is 0 Å². The fourth-order valence-corrected chi connectivity index (χ4v) is 1.25. The van der Waals surface area contributed by atoms with E-state index in [-0.39, 0.29) is 5.69 Å². The molecule has 0 spiro atoms. The van der Waals surface area contributed by atoms with E-state index in [0.29, 0.717) is 4.90 Å². The van der Waals surface area contributed by atoms with Crippen LogP contribution in [0.5, 0.6) is 0 Å². The van der Waals surface area contributed by atoms with Crippen LogP contribution in [0.2, 0.25) is 0 Å². The highest BCUT2D eigenvalue weighted by atomic mass is 19.4. The molecule has 1 rings (SSSR count). The number of carbonyl (C=O) groups excluding carboxylic acids is 1. The summed E-state index contributed by atoms with van der Waals surface area (Å²) in [6.07, 6.45) is -3.84. The summed E-state index contributed by atoms with van der Waals surface area (Å²) in [5, 5.41) is 8.63. The zero-order valence-corrected chi connectivity index (χ0v) is 9.12. The Kier molecular flexibility index (Phi) is 4.60. The van der Waals surface area contributed by atoms with Crippen molar-refractivity contribution in [3.05, 3.63) is 29.8 Å². The minimum atomic E-state index is -4.58. The van der Waals surface area contributed by atoms with Crippen LogP contribution in [0.4, 0.5) is 17.6 Å². The highest BCUT2D eigenvalue weighted by Crippen LogP contribution is 2.17. The monoisotopic (exact) mass is 266 g/mol. The third-order valence-electron chi connectivity index (χ3n) is 1.97. The SMILES string of the molecule is O=C(c1ccc(F)cn1)N(CCO)CC(F)(F)F. The van der Waals surface area contributed by atoms with Crippen LogP contribution in [0, 0.1) is 5.82 Å². The van der Waals surface area contributed by atoms with E-state index in [1.807, 2.05) is 0 Å². The van der Waals surface area contributed by atoms with Crippen LogP contribution in [0.25, 0.3) is 0 Å². The van der Waals surface area contributed by atoms with Gasteiger partial charge in [0.05, 0.1) is 12.8 Å². The van der Waals surface area contributed by atoms with Crippen LogP contribution in [0.15, 0.2) is 18.3 Å². The van der Waals surface area contributed by atoms with E-state index in [2.05, 4.69) is 4.98 Å². The molecule has 1 heterocycles. The van der Waals surface area contributed by atoms with Gasteiger partial charge in [-0.15, -0.1) is 0 Å². The van der Waals surface area contributed by atoms with Crippen molar-refractivity contribution in [1.29, 1.82) is 0 Å². The first-order valence-electron chi connectivity index (χ1n) is 4.92. The average Bonchev–Trinajstić information content (AvgIpc) is 2.27. The zero-order valence-electron chi connectivity index (χ0n) is 9.12. The Morgan fingerprint density at radius 2 is 2.06 bits per heavy atom. The molecule has 0 aromatic carbocycles. The van der Waals surface area contributed by atoms with Crippen molar-refractivity contribution in [3.63, 3.8) is 0 Å². The molecule has 0 bridgehead atoms. The zero-order chi connectivity index (χ0) is 13.8. The summed E-state index contributed by atoms with van der Waals surface area (Å²) in [6.45, 7) is -2.58. The number of aliphatic hydroxyl groups is 1. The van der Waals surface area contributed by atoms with E-state index in [4.69, 9.17) is 5.11 Å². The van der Waals surface area contributed by atoms with Crippen LogP contribution in [-0.2, 0) is 0 Å². The summed E-state index contributed by atoms with van der Waals surface area (Å²) in [5.74, 6) is -1.71. The molecule has 0 fully saturated rings. The molecule has 4 nitrogen and oxygen atoms in total.